The molecule has 2 N–H and O–H groups in total. The Bertz CT molecular complexity index is 1250. The van der Waals surface area contributed by atoms with Gasteiger partial charge in [0.25, 0.3) is 5.56 Å². The number of hydrogen-bond acceptors (Lipinski definition) is 5. The number of nitrogens with one attached hydrogen (secondary N) is 2. The molecule has 1 aromatic heterocycles. The highest BCUT2D eigenvalue weighted by Crippen LogP contribution is 2.24. The van der Waals surface area contributed by atoms with Crippen molar-refractivity contribution < 1.29 is 14.3 Å². The molecule has 164 valence electrons. The van der Waals surface area contributed by atoms with E-state index in [0.717, 1.165) is 5.56 Å². The van der Waals surface area contributed by atoms with Crippen LogP contribution in [-0.2, 0) is 20.9 Å². The van der Waals surface area contributed by atoms with Crippen molar-refractivity contribution in [1.29, 1.82) is 0 Å². The first-order chi connectivity index (χ1) is 15.4. The largest absolute Gasteiger partial charge is 0.367 e. The van der Waals surface area contributed by atoms with Crippen LogP contribution in [-0.4, -0.2) is 28.0 Å². The summed E-state index contributed by atoms with van der Waals surface area (Å²) in [5.41, 5.74) is 2.01. The molecule has 1 atom stereocenters. The van der Waals surface area contributed by atoms with Crippen molar-refractivity contribution in [2.45, 2.75) is 32.4 Å². The van der Waals surface area contributed by atoms with E-state index >= 15 is 0 Å². The molecule has 1 aliphatic rings. The Balaban J connectivity index is 1.58. The lowest BCUT2D eigenvalue weighted by Gasteiger charge is -2.26. The molecule has 0 saturated carbocycles. The summed E-state index contributed by atoms with van der Waals surface area (Å²) in [6, 6.07) is 13.9. The van der Waals surface area contributed by atoms with Crippen LogP contribution in [0, 0.1) is 6.92 Å². The Morgan fingerprint density at radius 2 is 2.00 bits per heavy atom. The molecule has 0 spiro atoms. The first-order valence-corrected chi connectivity index (χ1v) is 10.4. The topological polar surface area (TPSA) is 102 Å². The van der Waals surface area contributed by atoms with Crippen molar-refractivity contribution >= 4 is 28.4 Å². The van der Waals surface area contributed by atoms with Gasteiger partial charge in [-0.15, -0.1) is 0 Å². The second kappa shape index (κ2) is 9.15. The van der Waals surface area contributed by atoms with Gasteiger partial charge in [0.1, 0.15) is 18.5 Å². The highest BCUT2D eigenvalue weighted by molar-refractivity contribution is 6.01. The van der Waals surface area contributed by atoms with Crippen LogP contribution < -0.4 is 16.2 Å². The number of fused-ring (bicyclic) bond motifs is 1. The predicted molar refractivity (Wildman–Crippen MR) is 121 cm³/mol. The zero-order valence-electron chi connectivity index (χ0n) is 17.8. The smallest absolute Gasteiger partial charge is 0.264 e. The highest BCUT2D eigenvalue weighted by atomic mass is 16.5. The molecule has 0 bridgehead atoms. The second-order valence-corrected chi connectivity index (χ2v) is 7.71. The fraction of sp³-hybridized carbons (Fsp3) is 0.250. The summed E-state index contributed by atoms with van der Waals surface area (Å²) < 4.78 is 6.88. The van der Waals surface area contributed by atoms with Crippen molar-refractivity contribution in [3.05, 3.63) is 82.5 Å². The van der Waals surface area contributed by atoms with Crippen molar-refractivity contribution in [2.75, 3.05) is 11.9 Å². The molecule has 4 rings (SSSR count). The SMILES string of the molecule is C=C1CCC(n2c(C)nc3cccc(NC(=O)COCc4ccccc4)c3c2=O)C(=O)N1. The molecule has 32 heavy (non-hydrogen) atoms. The van der Waals surface area contributed by atoms with Gasteiger partial charge in [-0.2, -0.15) is 0 Å². The maximum absolute atomic E-state index is 13.4. The molecule has 0 aliphatic carbocycles. The predicted octanol–water partition coefficient (Wildman–Crippen LogP) is 2.83. The van der Waals surface area contributed by atoms with Crippen LogP contribution in [0.5, 0.6) is 0 Å². The number of carbonyl (C=O) groups is 2. The van der Waals surface area contributed by atoms with Gasteiger partial charge < -0.3 is 15.4 Å². The quantitative estimate of drug-likeness (QED) is 0.624. The normalized spacial score (nSPS) is 16.1. The monoisotopic (exact) mass is 432 g/mol. The number of piperidine rings is 1. The van der Waals surface area contributed by atoms with Gasteiger partial charge in [0, 0.05) is 5.70 Å². The van der Waals surface area contributed by atoms with Gasteiger partial charge in [0.2, 0.25) is 11.8 Å². The van der Waals surface area contributed by atoms with E-state index in [1.807, 2.05) is 30.3 Å². The third-order valence-electron chi connectivity index (χ3n) is 5.36. The average molecular weight is 432 g/mol. The minimum atomic E-state index is -0.678. The van der Waals surface area contributed by atoms with Crippen molar-refractivity contribution in [3.63, 3.8) is 0 Å². The van der Waals surface area contributed by atoms with Crippen molar-refractivity contribution in [3.8, 4) is 0 Å². The lowest BCUT2D eigenvalue weighted by molar-refractivity contribution is -0.125. The fourth-order valence-corrected chi connectivity index (χ4v) is 3.86. The maximum atomic E-state index is 13.4. The Morgan fingerprint density at radius 1 is 1.22 bits per heavy atom. The van der Waals surface area contributed by atoms with Gasteiger partial charge in [0.05, 0.1) is 23.2 Å². The fourth-order valence-electron chi connectivity index (χ4n) is 3.86. The average Bonchev–Trinajstić information content (AvgIpc) is 2.76. The standard InChI is InChI=1S/C24H24N4O4/c1-15-11-12-20(23(30)25-15)28-16(2)26-18-9-6-10-19(22(18)24(28)31)27-21(29)14-32-13-17-7-4-3-5-8-17/h3-10,20H,1,11-14H2,2H3,(H,25,30)(H,27,29). The van der Waals surface area contributed by atoms with Gasteiger partial charge in [-0.05, 0) is 37.5 Å². The third kappa shape index (κ3) is 4.45. The van der Waals surface area contributed by atoms with Gasteiger partial charge >= 0.3 is 0 Å². The van der Waals surface area contributed by atoms with Crippen molar-refractivity contribution in [2.24, 2.45) is 0 Å². The molecule has 1 saturated heterocycles. The van der Waals surface area contributed by atoms with Crippen LogP contribution >= 0.6 is 0 Å². The van der Waals surface area contributed by atoms with Crippen LogP contribution in [0.25, 0.3) is 10.9 Å². The van der Waals surface area contributed by atoms with E-state index in [2.05, 4.69) is 22.2 Å². The van der Waals surface area contributed by atoms with E-state index in [9.17, 15) is 14.4 Å². The molecule has 1 fully saturated rings. The summed E-state index contributed by atoms with van der Waals surface area (Å²) in [5, 5.41) is 5.71. The van der Waals surface area contributed by atoms with E-state index in [1.165, 1.54) is 4.57 Å². The Labute approximate surface area is 184 Å². The highest BCUT2D eigenvalue weighted by Gasteiger charge is 2.29. The summed E-state index contributed by atoms with van der Waals surface area (Å²) in [6.45, 7) is 5.62. The van der Waals surface area contributed by atoms with Crippen LogP contribution in [0.15, 0.2) is 65.6 Å². The molecule has 0 radical (unpaired) electrons. The molecule has 1 aliphatic heterocycles. The number of rotatable bonds is 6. The number of ether oxygens (including phenoxy) is 1. The molecule has 8 nitrogen and oxygen atoms in total. The van der Waals surface area contributed by atoms with Crippen LogP contribution in [0.4, 0.5) is 5.69 Å². The lowest BCUT2D eigenvalue weighted by atomic mass is 10.0. The Morgan fingerprint density at radius 3 is 2.75 bits per heavy atom. The minimum Gasteiger partial charge on any atom is -0.367 e. The zero-order valence-corrected chi connectivity index (χ0v) is 17.8. The summed E-state index contributed by atoms with van der Waals surface area (Å²) in [5.74, 6) is -0.236. The molecule has 1 unspecified atom stereocenters. The minimum absolute atomic E-state index is 0.161. The van der Waals surface area contributed by atoms with Crippen LogP contribution in [0.2, 0.25) is 0 Å². The molecular formula is C24H24N4O4. The molecule has 3 aromatic rings. The van der Waals surface area contributed by atoms with Crippen molar-refractivity contribution in [1.82, 2.24) is 14.9 Å². The number of allylic oxidation sites excluding steroid dienone is 1. The van der Waals surface area contributed by atoms with E-state index in [1.54, 1.807) is 25.1 Å². The van der Waals surface area contributed by atoms with Gasteiger partial charge in [-0.3, -0.25) is 19.0 Å². The lowest BCUT2D eigenvalue weighted by Crippen LogP contribution is -2.41. The number of benzene rings is 2. The number of carbonyl (C=O) groups excluding carboxylic acids is 2. The summed E-state index contributed by atoms with van der Waals surface area (Å²) >= 11 is 0. The summed E-state index contributed by atoms with van der Waals surface area (Å²) in [4.78, 5) is 42.9. The first kappa shape index (κ1) is 21.5. The van der Waals surface area contributed by atoms with Crippen LogP contribution in [0.1, 0.15) is 30.3 Å². The number of aromatic nitrogens is 2. The molecule has 8 heteroatoms. The molecule has 2 aromatic carbocycles. The van der Waals surface area contributed by atoms with E-state index in [4.69, 9.17) is 4.74 Å². The van der Waals surface area contributed by atoms with E-state index < -0.39 is 6.04 Å². The van der Waals surface area contributed by atoms with Gasteiger partial charge in [-0.25, -0.2) is 4.98 Å². The zero-order chi connectivity index (χ0) is 22.7. The van der Waals surface area contributed by atoms with Crippen LogP contribution in [0.3, 0.4) is 0 Å². The van der Waals surface area contributed by atoms with Gasteiger partial charge in [0.15, 0.2) is 0 Å². The third-order valence-corrected chi connectivity index (χ3v) is 5.36. The van der Waals surface area contributed by atoms with E-state index in [0.29, 0.717) is 42.2 Å². The molecular weight excluding hydrogens is 408 g/mol. The summed E-state index contributed by atoms with van der Waals surface area (Å²) in [7, 11) is 0. The number of anilines is 1. The number of aryl methyl sites for hydroxylation is 1. The summed E-state index contributed by atoms with van der Waals surface area (Å²) in [6.07, 6.45) is 1.04. The Hall–Kier alpha value is -3.78. The van der Waals surface area contributed by atoms with E-state index in [-0.39, 0.29) is 29.4 Å². The number of nitrogens with zero attached hydrogens (tertiary/aromatic N) is 2. The number of amides is 2. The molecule has 2 amide bonds. The first-order valence-electron chi connectivity index (χ1n) is 10.4. The Kier molecular flexibility index (Phi) is 6.13. The maximum Gasteiger partial charge on any atom is 0.264 e. The number of hydrogen-bond donors (Lipinski definition) is 2. The molecule has 2 heterocycles. The van der Waals surface area contributed by atoms with Gasteiger partial charge in [-0.1, -0.05) is 43.0 Å². The second-order valence-electron chi connectivity index (χ2n) is 7.71.